The summed E-state index contributed by atoms with van der Waals surface area (Å²) in [5, 5.41) is 11.5. The lowest BCUT2D eigenvalue weighted by molar-refractivity contribution is -0.375. The third-order valence-electron chi connectivity index (χ3n) is 4.54. The van der Waals surface area contributed by atoms with E-state index in [-0.39, 0.29) is 10.7 Å². The highest BCUT2D eigenvalue weighted by atomic mass is 32.2. The van der Waals surface area contributed by atoms with Crippen molar-refractivity contribution in [3.05, 3.63) is 42.0 Å². The topological polar surface area (TPSA) is 71.7 Å². The monoisotopic (exact) mass is 334 g/mol. The maximum Gasteiger partial charge on any atom is 0.442 e. The molecule has 0 aliphatic carbocycles. The molecule has 0 atom stereocenters. The molecule has 23 heavy (non-hydrogen) atoms. The largest absolute Gasteiger partial charge is 0.823 e. The Kier molecular flexibility index (Phi) is 3.98. The van der Waals surface area contributed by atoms with Crippen LogP contribution in [0.2, 0.25) is 0 Å². The second-order valence-corrected chi connectivity index (χ2v) is 8.16. The van der Waals surface area contributed by atoms with Crippen molar-refractivity contribution in [1.82, 2.24) is 4.31 Å². The van der Waals surface area contributed by atoms with E-state index in [1.165, 1.54) is 10.4 Å². The van der Waals surface area contributed by atoms with Gasteiger partial charge in [0.25, 0.3) is 10.0 Å². The summed E-state index contributed by atoms with van der Waals surface area (Å²) in [6, 6.07) is 4.73. The summed E-state index contributed by atoms with van der Waals surface area (Å²) in [4.78, 5) is 0.242. The van der Waals surface area contributed by atoms with Gasteiger partial charge in [-0.2, -0.15) is 4.31 Å². The highest BCUT2D eigenvalue weighted by molar-refractivity contribution is 7.89. The molecule has 1 saturated heterocycles. The number of allylic oxidation sites excluding steroid dienone is 1. The Morgan fingerprint density at radius 1 is 1.39 bits per heavy atom. The molecule has 2 heterocycles. The van der Waals surface area contributed by atoms with Crippen LogP contribution in [0.1, 0.15) is 32.3 Å². The molecule has 1 aromatic rings. The second-order valence-electron chi connectivity index (χ2n) is 6.22. The summed E-state index contributed by atoms with van der Waals surface area (Å²) in [5.74, 6) is 1.46. The van der Waals surface area contributed by atoms with Gasteiger partial charge in [-0.05, 0) is 24.8 Å². The maximum atomic E-state index is 12.8. The average molecular weight is 334 g/mol. The summed E-state index contributed by atoms with van der Waals surface area (Å²) in [6.45, 7) is 8.34. The number of carbonyl (C=O) groups excluding carboxylic acids is 1. The molecule has 0 unspecified atom stereocenters. The normalized spacial score (nSPS) is 19.6. The molecule has 3 rings (SSSR count). The van der Waals surface area contributed by atoms with Crippen molar-refractivity contribution in [2.24, 2.45) is 5.92 Å². The van der Waals surface area contributed by atoms with Crippen LogP contribution in [0.25, 0.3) is 0 Å². The Hall–Kier alpha value is -1.79. The summed E-state index contributed by atoms with van der Waals surface area (Å²) in [5.41, 5.74) is 0.642. The molecule has 0 N–H and O–H groups in total. The van der Waals surface area contributed by atoms with Gasteiger partial charge in [0.15, 0.2) is 5.92 Å². The number of nitrogens with zero attached hydrogens (tertiary/aromatic N) is 1. The van der Waals surface area contributed by atoms with Crippen molar-refractivity contribution in [2.45, 2.75) is 31.6 Å². The summed E-state index contributed by atoms with van der Waals surface area (Å²) < 4.78 is 32.6. The highest BCUT2D eigenvalue weighted by Crippen LogP contribution is 2.37. The molecule has 0 amide bonds. The minimum absolute atomic E-state index is 0.182. The Labute approximate surface area is 137 Å². The Balaban J connectivity index is 1.91. The number of sulfonamides is 1. The van der Waals surface area contributed by atoms with Gasteiger partial charge in [-0.1, -0.05) is 13.5 Å². The van der Waals surface area contributed by atoms with Gasteiger partial charge >= 0.3 is 11.5 Å². The van der Waals surface area contributed by atoms with E-state index in [0.717, 1.165) is 12.8 Å². The second kappa shape index (κ2) is 5.69. The standard InChI is InChI=1S/C17H20NO4S/c1-11-6-8-18(9-7-11)23(20,21)14-4-5-16-15(10-14)12(2)17(22-16)13(3)19/h4-5,10-11H,3,6-9H2,1-2H3/q+1. The number of hydrogen-bond acceptors (Lipinski definition) is 3. The average Bonchev–Trinajstić information content (AvgIpc) is 2.84. The van der Waals surface area contributed by atoms with E-state index >= 15 is 0 Å². The molecular weight excluding hydrogens is 314 g/mol. The van der Waals surface area contributed by atoms with E-state index in [1.54, 1.807) is 19.1 Å². The number of fused-ring (bicyclic) bond motifs is 1. The van der Waals surface area contributed by atoms with Gasteiger partial charge in [0.1, 0.15) is 4.90 Å². The van der Waals surface area contributed by atoms with Crippen LogP contribution in [-0.2, 0) is 14.4 Å². The molecule has 2 aliphatic heterocycles. The Morgan fingerprint density at radius 3 is 2.65 bits per heavy atom. The molecule has 122 valence electrons. The van der Waals surface area contributed by atoms with Gasteiger partial charge in [0.05, 0.1) is 17.9 Å². The molecule has 0 bridgehead atoms. The fourth-order valence-electron chi connectivity index (χ4n) is 3.00. The van der Waals surface area contributed by atoms with Crippen LogP contribution in [0.3, 0.4) is 0 Å². The predicted molar refractivity (Wildman–Crippen MR) is 85.2 cm³/mol. The van der Waals surface area contributed by atoms with Crippen LogP contribution < -0.4 is 5.11 Å². The zero-order chi connectivity index (χ0) is 16.8. The molecular formula is C17H20NO4S+. The molecule has 0 saturated carbocycles. The van der Waals surface area contributed by atoms with Crippen molar-refractivity contribution in [3.8, 4) is 5.75 Å². The molecule has 0 aromatic heterocycles. The zero-order valence-corrected chi connectivity index (χ0v) is 14.1. The van der Waals surface area contributed by atoms with Crippen LogP contribution in [-0.4, -0.2) is 31.6 Å². The lowest BCUT2D eigenvalue weighted by atomic mass is 9.97. The first-order chi connectivity index (χ1) is 10.8. The lowest BCUT2D eigenvalue weighted by Crippen LogP contribution is -2.37. The Bertz CT molecular complexity index is 774. The lowest BCUT2D eigenvalue weighted by Gasteiger charge is -2.28. The third-order valence-corrected chi connectivity index (χ3v) is 6.44. The summed E-state index contributed by atoms with van der Waals surface area (Å²) >= 11 is 0. The van der Waals surface area contributed by atoms with E-state index in [1.807, 2.05) is 0 Å². The van der Waals surface area contributed by atoms with Crippen molar-refractivity contribution in [3.63, 3.8) is 0 Å². The van der Waals surface area contributed by atoms with Gasteiger partial charge in [-0.3, -0.25) is 0 Å². The van der Waals surface area contributed by atoms with Crippen LogP contribution in [0.4, 0.5) is 0 Å². The van der Waals surface area contributed by atoms with Gasteiger partial charge < -0.3 is 5.11 Å². The first kappa shape index (κ1) is 16.1. The number of benzene rings is 1. The first-order valence-corrected chi connectivity index (χ1v) is 9.14. The molecule has 0 radical (unpaired) electrons. The fraction of sp³-hybridized carbons (Fsp3) is 0.412. The van der Waals surface area contributed by atoms with Crippen LogP contribution >= 0.6 is 0 Å². The van der Waals surface area contributed by atoms with E-state index in [2.05, 4.69) is 13.5 Å². The van der Waals surface area contributed by atoms with Gasteiger partial charge in [0, 0.05) is 20.0 Å². The van der Waals surface area contributed by atoms with Crippen molar-refractivity contribution in [1.29, 1.82) is 0 Å². The smallest absolute Gasteiger partial charge is 0.442 e. The zero-order valence-electron chi connectivity index (χ0n) is 13.3. The quantitative estimate of drug-likeness (QED) is 0.366. The fourth-order valence-corrected chi connectivity index (χ4v) is 4.50. The molecule has 6 heteroatoms. The van der Waals surface area contributed by atoms with Gasteiger partial charge in [0.2, 0.25) is 5.56 Å². The minimum Gasteiger partial charge on any atom is -0.823 e. The van der Waals surface area contributed by atoms with Crippen molar-refractivity contribution in [2.75, 3.05) is 13.1 Å². The van der Waals surface area contributed by atoms with Crippen molar-refractivity contribution >= 4 is 15.8 Å². The summed E-state index contributed by atoms with van der Waals surface area (Å²) in [7, 11) is -3.51. The first-order valence-electron chi connectivity index (χ1n) is 7.70. The number of hydrogen-bond donors (Lipinski definition) is 0. The van der Waals surface area contributed by atoms with E-state index in [0.29, 0.717) is 36.2 Å². The number of ketones is 1. The maximum absolute atomic E-state index is 12.8. The third kappa shape index (κ3) is 2.77. The van der Waals surface area contributed by atoms with E-state index in [4.69, 9.17) is 4.42 Å². The van der Waals surface area contributed by atoms with E-state index < -0.39 is 15.8 Å². The number of piperidine rings is 1. The molecule has 2 aliphatic rings. The predicted octanol–water partition coefficient (Wildman–Crippen LogP) is 1.76. The molecule has 0 spiro atoms. The minimum atomic E-state index is -3.51. The highest BCUT2D eigenvalue weighted by Gasteiger charge is 2.45. The molecule has 5 nitrogen and oxygen atoms in total. The van der Waals surface area contributed by atoms with Gasteiger partial charge in [-0.25, -0.2) is 8.42 Å². The molecule has 1 fully saturated rings. The Morgan fingerprint density at radius 2 is 2.04 bits per heavy atom. The van der Waals surface area contributed by atoms with Crippen LogP contribution in [0, 0.1) is 11.8 Å². The van der Waals surface area contributed by atoms with Crippen LogP contribution in [0.5, 0.6) is 5.75 Å². The SMILES string of the molecule is C=C([O-])C1=[O+]c2ccc(S(=O)(=O)N3CCC(C)CC3)cc2[C+]1C. The van der Waals surface area contributed by atoms with E-state index in [9.17, 15) is 13.5 Å². The van der Waals surface area contributed by atoms with Crippen molar-refractivity contribution < 1.29 is 17.9 Å². The number of rotatable bonds is 3. The summed E-state index contributed by atoms with van der Waals surface area (Å²) in [6.07, 6.45) is 1.76. The molecule has 1 aromatic carbocycles. The van der Waals surface area contributed by atoms with Gasteiger partial charge in [-0.15, -0.1) is 4.42 Å². The van der Waals surface area contributed by atoms with Crippen LogP contribution in [0.15, 0.2) is 35.4 Å².